The predicted molar refractivity (Wildman–Crippen MR) is 74.8 cm³/mol. The monoisotopic (exact) mass is 292 g/mol. The summed E-state index contributed by atoms with van der Waals surface area (Å²) in [5, 5.41) is 6.65. The van der Waals surface area contributed by atoms with Crippen LogP contribution in [0.1, 0.15) is 28.9 Å². The summed E-state index contributed by atoms with van der Waals surface area (Å²) >= 11 is 0. The van der Waals surface area contributed by atoms with Gasteiger partial charge in [0.25, 0.3) is 11.8 Å². The summed E-state index contributed by atoms with van der Waals surface area (Å²) in [6.07, 6.45) is 3.05. The molecule has 1 unspecified atom stereocenters. The van der Waals surface area contributed by atoms with Gasteiger partial charge in [-0.1, -0.05) is 0 Å². The van der Waals surface area contributed by atoms with Crippen molar-refractivity contribution in [2.24, 2.45) is 0 Å². The Morgan fingerprint density at radius 3 is 2.57 bits per heavy atom. The van der Waals surface area contributed by atoms with Crippen LogP contribution in [0.2, 0.25) is 0 Å². The summed E-state index contributed by atoms with van der Waals surface area (Å²) in [6.45, 7) is 4.76. The maximum Gasteiger partial charge on any atom is 0.257 e. The number of piperazine rings is 1. The zero-order valence-corrected chi connectivity index (χ0v) is 12.2. The fraction of sp³-hybridized carbons (Fsp3) is 0.643. The number of carbonyl (C=O) groups excluding carboxylic acids is 2. The largest absolute Gasteiger partial charge is 0.368 e. The summed E-state index contributed by atoms with van der Waals surface area (Å²) in [7, 11) is 0. The number of H-pyrrole nitrogens is 1. The first-order valence-corrected chi connectivity index (χ1v) is 7.36. The van der Waals surface area contributed by atoms with Gasteiger partial charge in [0, 0.05) is 38.5 Å². The standard InChI is InChI=1S/C14H20N4O3/c1-10-11(9-15-16-10)13(19)17-4-6-18(7-5-17)14(20)12-3-2-8-21-12/h9,12H,2-8H2,1H3,(H,15,16). The first-order valence-electron chi connectivity index (χ1n) is 7.36. The Balaban J connectivity index is 1.56. The lowest BCUT2D eigenvalue weighted by Crippen LogP contribution is -2.52. The van der Waals surface area contributed by atoms with Crippen molar-refractivity contribution in [1.29, 1.82) is 0 Å². The number of hydrogen-bond acceptors (Lipinski definition) is 4. The van der Waals surface area contributed by atoms with Crippen LogP contribution in [-0.4, -0.2) is 70.7 Å². The van der Waals surface area contributed by atoms with Gasteiger partial charge in [-0.2, -0.15) is 5.10 Å². The predicted octanol–water partition coefficient (Wildman–Crippen LogP) is 0.182. The van der Waals surface area contributed by atoms with Gasteiger partial charge in [0.15, 0.2) is 0 Å². The molecule has 2 aliphatic heterocycles. The summed E-state index contributed by atoms with van der Waals surface area (Å²) in [5.41, 5.74) is 1.38. The summed E-state index contributed by atoms with van der Waals surface area (Å²) in [6, 6.07) is 0. The topological polar surface area (TPSA) is 78.5 Å². The number of aromatic amines is 1. The normalized spacial score (nSPS) is 22.6. The molecular weight excluding hydrogens is 272 g/mol. The minimum atomic E-state index is -0.275. The Kier molecular flexibility index (Phi) is 3.92. The lowest BCUT2D eigenvalue weighted by atomic mass is 10.2. The molecule has 2 amide bonds. The minimum Gasteiger partial charge on any atom is -0.368 e. The fourth-order valence-corrected chi connectivity index (χ4v) is 2.84. The van der Waals surface area contributed by atoms with Crippen LogP contribution < -0.4 is 0 Å². The van der Waals surface area contributed by atoms with Crippen LogP contribution in [0.25, 0.3) is 0 Å². The molecule has 0 saturated carbocycles. The van der Waals surface area contributed by atoms with E-state index in [1.807, 2.05) is 11.8 Å². The smallest absolute Gasteiger partial charge is 0.257 e. The molecule has 114 valence electrons. The highest BCUT2D eigenvalue weighted by atomic mass is 16.5. The van der Waals surface area contributed by atoms with Crippen molar-refractivity contribution in [3.63, 3.8) is 0 Å². The van der Waals surface area contributed by atoms with Crippen LogP contribution in [0, 0.1) is 6.92 Å². The van der Waals surface area contributed by atoms with Gasteiger partial charge in [0.05, 0.1) is 11.8 Å². The zero-order valence-electron chi connectivity index (χ0n) is 12.2. The average molecular weight is 292 g/mol. The van der Waals surface area contributed by atoms with Crippen molar-refractivity contribution in [3.8, 4) is 0 Å². The van der Waals surface area contributed by atoms with Crippen LogP contribution >= 0.6 is 0 Å². The van der Waals surface area contributed by atoms with Crippen LogP contribution in [0.15, 0.2) is 6.20 Å². The molecule has 1 N–H and O–H groups in total. The molecule has 1 atom stereocenters. The first kappa shape index (κ1) is 14.1. The molecule has 2 aliphatic rings. The Morgan fingerprint density at radius 2 is 2.00 bits per heavy atom. The Bertz CT molecular complexity index is 528. The van der Waals surface area contributed by atoms with E-state index in [1.165, 1.54) is 0 Å². The number of carbonyl (C=O) groups is 2. The SMILES string of the molecule is Cc1[nH]ncc1C(=O)N1CCN(C(=O)C2CCCO2)CC1. The van der Waals surface area contributed by atoms with Gasteiger partial charge in [-0.15, -0.1) is 0 Å². The average Bonchev–Trinajstić information content (AvgIpc) is 3.17. The number of hydrogen-bond donors (Lipinski definition) is 1. The quantitative estimate of drug-likeness (QED) is 0.843. The van der Waals surface area contributed by atoms with E-state index in [1.54, 1.807) is 11.1 Å². The molecule has 0 bridgehead atoms. The molecule has 1 aromatic rings. The molecule has 1 aromatic heterocycles. The van der Waals surface area contributed by atoms with Gasteiger partial charge in [-0.05, 0) is 19.8 Å². The van der Waals surface area contributed by atoms with Crippen LogP contribution in [0.4, 0.5) is 0 Å². The summed E-state index contributed by atoms with van der Waals surface area (Å²) in [5.74, 6) is 0.0459. The van der Waals surface area contributed by atoms with Gasteiger partial charge in [0.1, 0.15) is 6.10 Å². The maximum absolute atomic E-state index is 12.4. The molecule has 0 aromatic carbocycles. The van der Waals surface area contributed by atoms with Crippen molar-refractivity contribution in [3.05, 3.63) is 17.5 Å². The van der Waals surface area contributed by atoms with Crippen LogP contribution in [0.5, 0.6) is 0 Å². The van der Waals surface area contributed by atoms with Crippen LogP contribution in [0.3, 0.4) is 0 Å². The van der Waals surface area contributed by atoms with Crippen molar-refractivity contribution < 1.29 is 14.3 Å². The molecule has 21 heavy (non-hydrogen) atoms. The summed E-state index contributed by atoms with van der Waals surface area (Å²) in [4.78, 5) is 28.2. The molecule has 2 saturated heterocycles. The number of aromatic nitrogens is 2. The zero-order chi connectivity index (χ0) is 14.8. The second-order valence-corrected chi connectivity index (χ2v) is 5.53. The lowest BCUT2D eigenvalue weighted by Gasteiger charge is -2.35. The van der Waals surface area contributed by atoms with Gasteiger partial charge in [-0.25, -0.2) is 0 Å². The van der Waals surface area contributed by atoms with E-state index >= 15 is 0 Å². The number of rotatable bonds is 2. The molecule has 3 rings (SSSR count). The number of ether oxygens (including phenoxy) is 1. The van der Waals surface area contributed by atoms with Crippen molar-refractivity contribution in [2.45, 2.75) is 25.9 Å². The number of amides is 2. The molecule has 0 aliphatic carbocycles. The first-order chi connectivity index (χ1) is 10.2. The summed E-state index contributed by atoms with van der Waals surface area (Å²) < 4.78 is 5.43. The Hall–Kier alpha value is -1.89. The van der Waals surface area contributed by atoms with Gasteiger partial charge < -0.3 is 14.5 Å². The number of nitrogens with one attached hydrogen (secondary N) is 1. The highest BCUT2D eigenvalue weighted by Gasteiger charge is 2.31. The van der Waals surface area contributed by atoms with Gasteiger partial charge in [-0.3, -0.25) is 14.7 Å². The van der Waals surface area contributed by atoms with E-state index in [9.17, 15) is 9.59 Å². The third kappa shape index (κ3) is 2.78. The maximum atomic E-state index is 12.4. The van der Waals surface area contributed by atoms with E-state index in [-0.39, 0.29) is 17.9 Å². The van der Waals surface area contributed by atoms with E-state index < -0.39 is 0 Å². The second-order valence-electron chi connectivity index (χ2n) is 5.53. The van der Waals surface area contributed by atoms with Gasteiger partial charge >= 0.3 is 0 Å². The fourth-order valence-electron chi connectivity index (χ4n) is 2.84. The van der Waals surface area contributed by atoms with E-state index in [0.717, 1.165) is 18.5 Å². The molecule has 7 heteroatoms. The molecular formula is C14H20N4O3. The molecule has 0 spiro atoms. The molecule has 3 heterocycles. The number of aryl methyl sites for hydroxylation is 1. The lowest BCUT2D eigenvalue weighted by molar-refractivity contribution is -0.142. The number of nitrogens with zero attached hydrogens (tertiary/aromatic N) is 3. The molecule has 0 radical (unpaired) electrons. The van der Waals surface area contributed by atoms with E-state index in [4.69, 9.17) is 4.74 Å². The van der Waals surface area contributed by atoms with Gasteiger partial charge in [0.2, 0.25) is 0 Å². The third-order valence-corrected chi connectivity index (χ3v) is 4.14. The highest BCUT2D eigenvalue weighted by Crippen LogP contribution is 2.17. The highest BCUT2D eigenvalue weighted by molar-refractivity contribution is 5.95. The van der Waals surface area contributed by atoms with Crippen LogP contribution in [-0.2, 0) is 9.53 Å². The van der Waals surface area contributed by atoms with Crippen molar-refractivity contribution in [2.75, 3.05) is 32.8 Å². The van der Waals surface area contributed by atoms with E-state index in [2.05, 4.69) is 10.2 Å². The van der Waals surface area contributed by atoms with Crippen molar-refractivity contribution in [1.82, 2.24) is 20.0 Å². The molecule has 7 nitrogen and oxygen atoms in total. The Morgan fingerprint density at radius 1 is 1.29 bits per heavy atom. The van der Waals surface area contributed by atoms with Crippen molar-refractivity contribution >= 4 is 11.8 Å². The van der Waals surface area contributed by atoms with E-state index in [0.29, 0.717) is 38.3 Å². The second kappa shape index (κ2) is 5.85. The minimum absolute atomic E-state index is 0.0227. The molecule has 2 fully saturated rings. The third-order valence-electron chi connectivity index (χ3n) is 4.14. The Labute approximate surface area is 123 Å².